The van der Waals surface area contributed by atoms with Crippen molar-refractivity contribution < 1.29 is 10.0 Å². The molecular weight excluding hydrogens is 230 g/mol. The minimum atomic E-state index is 0.0903. The molecular formula is C13H25N3O2. The van der Waals surface area contributed by atoms with Gasteiger partial charge in [0, 0.05) is 31.5 Å². The number of carbonyl (C=O) groups is 1. The van der Waals surface area contributed by atoms with Gasteiger partial charge < -0.3 is 10.5 Å². The van der Waals surface area contributed by atoms with Gasteiger partial charge in [-0.1, -0.05) is 25.4 Å². The summed E-state index contributed by atoms with van der Waals surface area (Å²) in [4.78, 5) is 13.9. The fourth-order valence-electron chi connectivity index (χ4n) is 2.42. The van der Waals surface area contributed by atoms with E-state index in [2.05, 4.69) is 22.3 Å². The SMILES string of the molecule is CCCC(C)NC(=O)CN1CCC(=NO)C(C)C1. The smallest absolute Gasteiger partial charge is 0.234 e. The van der Waals surface area contributed by atoms with Gasteiger partial charge in [-0.2, -0.15) is 0 Å². The number of nitrogens with one attached hydrogen (secondary N) is 1. The Bertz CT molecular complexity index is 305. The Balaban J connectivity index is 2.33. The third kappa shape index (κ3) is 4.64. The van der Waals surface area contributed by atoms with Crippen LogP contribution in [0.1, 0.15) is 40.0 Å². The van der Waals surface area contributed by atoms with Crippen molar-refractivity contribution >= 4 is 11.6 Å². The lowest BCUT2D eigenvalue weighted by Crippen LogP contribution is -2.46. The molecule has 1 aliphatic heterocycles. The number of oxime groups is 1. The molecule has 0 aromatic carbocycles. The minimum Gasteiger partial charge on any atom is -0.411 e. The molecule has 1 fully saturated rings. The van der Waals surface area contributed by atoms with Crippen LogP contribution in [0.25, 0.3) is 0 Å². The van der Waals surface area contributed by atoms with E-state index in [-0.39, 0.29) is 17.9 Å². The van der Waals surface area contributed by atoms with E-state index in [4.69, 9.17) is 5.21 Å². The second kappa shape index (κ2) is 7.36. The molecule has 0 aromatic rings. The lowest BCUT2D eigenvalue weighted by atomic mass is 9.98. The van der Waals surface area contributed by atoms with Gasteiger partial charge in [0.2, 0.25) is 5.91 Å². The number of hydrogen-bond acceptors (Lipinski definition) is 4. The van der Waals surface area contributed by atoms with E-state index >= 15 is 0 Å². The summed E-state index contributed by atoms with van der Waals surface area (Å²) in [5, 5.41) is 15.1. The molecule has 2 atom stereocenters. The van der Waals surface area contributed by atoms with E-state index in [0.717, 1.165) is 38.1 Å². The maximum absolute atomic E-state index is 11.8. The predicted molar refractivity (Wildman–Crippen MR) is 72.0 cm³/mol. The lowest BCUT2D eigenvalue weighted by molar-refractivity contribution is -0.123. The summed E-state index contributed by atoms with van der Waals surface area (Å²) >= 11 is 0. The molecule has 2 N–H and O–H groups in total. The molecule has 0 spiro atoms. The third-order valence-electron chi connectivity index (χ3n) is 3.41. The molecule has 5 nitrogen and oxygen atoms in total. The molecule has 0 aromatic heterocycles. The van der Waals surface area contributed by atoms with Crippen molar-refractivity contribution in [1.29, 1.82) is 0 Å². The molecule has 0 bridgehead atoms. The number of rotatable bonds is 5. The monoisotopic (exact) mass is 255 g/mol. The molecule has 1 saturated heterocycles. The van der Waals surface area contributed by atoms with Gasteiger partial charge in [0.15, 0.2) is 0 Å². The molecule has 1 heterocycles. The Hall–Kier alpha value is -1.10. The Labute approximate surface area is 109 Å². The second-order valence-corrected chi connectivity index (χ2v) is 5.23. The number of amides is 1. The maximum atomic E-state index is 11.8. The molecule has 0 saturated carbocycles. The largest absolute Gasteiger partial charge is 0.411 e. The van der Waals surface area contributed by atoms with Crippen LogP contribution in [-0.2, 0) is 4.79 Å². The summed E-state index contributed by atoms with van der Waals surface area (Å²) in [5.74, 6) is 0.317. The van der Waals surface area contributed by atoms with Gasteiger partial charge in [0.05, 0.1) is 12.3 Å². The first-order valence-electron chi connectivity index (χ1n) is 6.79. The molecule has 0 radical (unpaired) electrons. The van der Waals surface area contributed by atoms with Crippen LogP contribution in [0.5, 0.6) is 0 Å². The molecule has 0 aliphatic carbocycles. The molecule has 104 valence electrons. The van der Waals surface area contributed by atoms with Crippen molar-refractivity contribution in [3.8, 4) is 0 Å². The first kappa shape index (κ1) is 15.0. The number of hydrogen-bond donors (Lipinski definition) is 2. The van der Waals surface area contributed by atoms with E-state index in [1.54, 1.807) is 0 Å². The van der Waals surface area contributed by atoms with Crippen molar-refractivity contribution in [3.05, 3.63) is 0 Å². The summed E-state index contributed by atoms with van der Waals surface area (Å²) in [6.07, 6.45) is 2.84. The highest BCUT2D eigenvalue weighted by molar-refractivity contribution is 5.87. The molecule has 5 heteroatoms. The van der Waals surface area contributed by atoms with Crippen molar-refractivity contribution in [2.45, 2.75) is 46.1 Å². The second-order valence-electron chi connectivity index (χ2n) is 5.23. The van der Waals surface area contributed by atoms with E-state index in [1.807, 2.05) is 13.8 Å². The van der Waals surface area contributed by atoms with Gasteiger partial charge in [-0.15, -0.1) is 0 Å². The maximum Gasteiger partial charge on any atom is 0.234 e. The third-order valence-corrected chi connectivity index (χ3v) is 3.41. The Kier molecular flexibility index (Phi) is 6.12. The average Bonchev–Trinajstić information content (AvgIpc) is 2.29. The van der Waals surface area contributed by atoms with Crippen LogP contribution < -0.4 is 5.32 Å². The normalized spacial score (nSPS) is 25.1. The van der Waals surface area contributed by atoms with Crippen molar-refractivity contribution in [2.75, 3.05) is 19.6 Å². The molecule has 2 unspecified atom stereocenters. The molecule has 1 amide bonds. The quantitative estimate of drug-likeness (QED) is 0.577. The van der Waals surface area contributed by atoms with Crippen molar-refractivity contribution in [3.63, 3.8) is 0 Å². The van der Waals surface area contributed by atoms with Crippen LogP contribution in [0.3, 0.4) is 0 Å². The Morgan fingerprint density at radius 1 is 1.67 bits per heavy atom. The number of nitrogens with zero attached hydrogens (tertiary/aromatic N) is 2. The van der Waals surface area contributed by atoms with E-state index in [1.165, 1.54) is 0 Å². The lowest BCUT2D eigenvalue weighted by Gasteiger charge is -2.31. The van der Waals surface area contributed by atoms with Gasteiger partial charge in [-0.3, -0.25) is 9.69 Å². The first-order chi connectivity index (χ1) is 8.56. The summed E-state index contributed by atoms with van der Waals surface area (Å²) in [5.41, 5.74) is 0.839. The van der Waals surface area contributed by atoms with Gasteiger partial charge >= 0.3 is 0 Å². The van der Waals surface area contributed by atoms with Crippen LogP contribution in [0.4, 0.5) is 0 Å². The predicted octanol–water partition coefficient (Wildman–Crippen LogP) is 1.46. The van der Waals surface area contributed by atoms with Crippen LogP contribution in [0.2, 0.25) is 0 Å². The summed E-state index contributed by atoms with van der Waals surface area (Å²) in [6, 6.07) is 0.249. The Morgan fingerprint density at radius 2 is 2.39 bits per heavy atom. The number of carbonyl (C=O) groups excluding carboxylic acids is 1. The van der Waals surface area contributed by atoms with Crippen LogP contribution in [0, 0.1) is 5.92 Å². The van der Waals surface area contributed by atoms with Crippen molar-refractivity contribution in [1.82, 2.24) is 10.2 Å². The van der Waals surface area contributed by atoms with Crippen molar-refractivity contribution in [2.24, 2.45) is 11.1 Å². The number of piperidine rings is 1. The summed E-state index contributed by atoms with van der Waals surface area (Å²) in [6.45, 7) is 8.20. The number of likely N-dealkylation sites (tertiary alicyclic amines) is 1. The zero-order valence-electron chi connectivity index (χ0n) is 11.6. The fraction of sp³-hybridized carbons (Fsp3) is 0.846. The molecule has 1 rings (SSSR count). The summed E-state index contributed by atoms with van der Waals surface area (Å²) in [7, 11) is 0. The van der Waals surface area contributed by atoms with E-state index in [0.29, 0.717) is 6.54 Å². The fourth-order valence-corrected chi connectivity index (χ4v) is 2.42. The highest BCUT2D eigenvalue weighted by Gasteiger charge is 2.24. The molecule has 1 aliphatic rings. The van der Waals surface area contributed by atoms with E-state index < -0.39 is 0 Å². The van der Waals surface area contributed by atoms with Crippen LogP contribution in [0.15, 0.2) is 5.16 Å². The standard InChI is InChI=1S/C13H25N3O2/c1-4-5-11(3)14-13(17)9-16-7-6-12(15-18)10(2)8-16/h10-11,18H,4-9H2,1-3H3,(H,14,17). The van der Waals surface area contributed by atoms with Crippen LogP contribution >= 0.6 is 0 Å². The minimum absolute atomic E-state index is 0.0903. The zero-order chi connectivity index (χ0) is 13.5. The van der Waals surface area contributed by atoms with Crippen LogP contribution in [-0.4, -0.2) is 47.4 Å². The van der Waals surface area contributed by atoms with Gasteiger partial charge in [-0.05, 0) is 13.3 Å². The topological polar surface area (TPSA) is 64.9 Å². The van der Waals surface area contributed by atoms with Gasteiger partial charge in [-0.25, -0.2) is 0 Å². The highest BCUT2D eigenvalue weighted by Crippen LogP contribution is 2.13. The van der Waals surface area contributed by atoms with Gasteiger partial charge in [0.25, 0.3) is 0 Å². The average molecular weight is 255 g/mol. The Morgan fingerprint density at radius 3 is 2.94 bits per heavy atom. The van der Waals surface area contributed by atoms with Gasteiger partial charge in [0.1, 0.15) is 0 Å². The molecule has 18 heavy (non-hydrogen) atoms. The zero-order valence-corrected chi connectivity index (χ0v) is 11.6. The first-order valence-corrected chi connectivity index (χ1v) is 6.79. The summed E-state index contributed by atoms with van der Waals surface area (Å²) < 4.78 is 0. The highest BCUT2D eigenvalue weighted by atomic mass is 16.4. The van der Waals surface area contributed by atoms with E-state index in [9.17, 15) is 4.79 Å².